The third kappa shape index (κ3) is 4.31. The molecule has 126 valence electrons. The van der Waals surface area contributed by atoms with Crippen molar-refractivity contribution in [1.29, 1.82) is 5.26 Å². The number of nitriles is 1. The average molecular weight is 343 g/mol. The van der Waals surface area contributed by atoms with E-state index in [2.05, 4.69) is 35.4 Å². The Kier molecular flexibility index (Phi) is 6.29. The summed E-state index contributed by atoms with van der Waals surface area (Å²) >= 11 is 1.56. The summed E-state index contributed by atoms with van der Waals surface area (Å²) in [5, 5.41) is 13.0. The number of rotatable bonds is 7. The SMILES string of the molecule is C=CCN(CC=C)C(=O)/C(C#N)=C\Nc1nc2c(s1)CN(C)CC2. The van der Waals surface area contributed by atoms with Crippen LogP contribution in [0.4, 0.5) is 5.13 Å². The van der Waals surface area contributed by atoms with E-state index in [9.17, 15) is 10.1 Å². The van der Waals surface area contributed by atoms with Gasteiger partial charge in [-0.2, -0.15) is 5.26 Å². The second-order valence-electron chi connectivity index (χ2n) is 5.48. The van der Waals surface area contributed by atoms with Crippen LogP contribution in [0.5, 0.6) is 0 Å². The van der Waals surface area contributed by atoms with E-state index in [1.54, 1.807) is 23.5 Å². The van der Waals surface area contributed by atoms with Gasteiger partial charge in [0.2, 0.25) is 0 Å². The largest absolute Gasteiger partial charge is 0.337 e. The molecule has 0 saturated heterocycles. The quantitative estimate of drug-likeness (QED) is 0.467. The van der Waals surface area contributed by atoms with Crippen LogP contribution in [0.1, 0.15) is 10.6 Å². The van der Waals surface area contributed by atoms with Gasteiger partial charge in [0.05, 0.1) is 5.69 Å². The minimum Gasteiger partial charge on any atom is -0.337 e. The predicted octanol–water partition coefficient (Wildman–Crippen LogP) is 2.15. The molecule has 0 aromatic carbocycles. The van der Waals surface area contributed by atoms with Crippen LogP contribution < -0.4 is 5.32 Å². The zero-order valence-corrected chi connectivity index (χ0v) is 14.6. The third-order valence-corrected chi connectivity index (χ3v) is 4.61. The molecule has 1 aromatic heterocycles. The average Bonchev–Trinajstić information content (AvgIpc) is 2.96. The van der Waals surface area contributed by atoms with E-state index >= 15 is 0 Å². The summed E-state index contributed by atoms with van der Waals surface area (Å²) in [6.45, 7) is 9.86. The zero-order chi connectivity index (χ0) is 17.5. The van der Waals surface area contributed by atoms with E-state index in [-0.39, 0.29) is 11.5 Å². The number of hydrogen-bond acceptors (Lipinski definition) is 6. The minimum atomic E-state index is -0.356. The van der Waals surface area contributed by atoms with Crippen molar-refractivity contribution >= 4 is 22.4 Å². The van der Waals surface area contributed by atoms with Gasteiger partial charge in [-0.1, -0.05) is 12.2 Å². The lowest BCUT2D eigenvalue weighted by Crippen LogP contribution is -2.32. The van der Waals surface area contributed by atoms with E-state index in [0.717, 1.165) is 25.2 Å². The molecule has 0 unspecified atom stereocenters. The number of amides is 1. The van der Waals surface area contributed by atoms with Crippen molar-refractivity contribution in [2.24, 2.45) is 0 Å². The monoisotopic (exact) mass is 343 g/mol. The molecule has 0 aliphatic carbocycles. The Morgan fingerprint density at radius 2 is 2.21 bits per heavy atom. The van der Waals surface area contributed by atoms with Crippen LogP contribution in [0.25, 0.3) is 0 Å². The highest BCUT2D eigenvalue weighted by molar-refractivity contribution is 7.15. The lowest BCUT2D eigenvalue weighted by molar-refractivity contribution is -0.125. The molecule has 1 amide bonds. The maximum Gasteiger partial charge on any atom is 0.266 e. The Morgan fingerprint density at radius 1 is 1.50 bits per heavy atom. The number of anilines is 1. The Hall–Kier alpha value is -2.43. The molecule has 2 heterocycles. The van der Waals surface area contributed by atoms with Crippen molar-refractivity contribution in [2.45, 2.75) is 13.0 Å². The summed E-state index contributed by atoms with van der Waals surface area (Å²) in [7, 11) is 2.08. The molecule has 0 fully saturated rings. The van der Waals surface area contributed by atoms with Crippen molar-refractivity contribution in [3.63, 3.8) is 0 Å². The molecule has 0 saturated carbocycles. The number of carbonyl (C=O) groups excluding carboxylic acids is 1. The van der Waals surface area contributed by atoms with Gasteiger partial charge in [0.25, 0.3) is 5.91 Å². The lowest BCUT2D eigenvalue weighted by atomic mass is 10.2. The van der Waals surface area contributed by atoms with Crippen LogP contribution in [0.2, 0.25) is 0 Å². The molecule has 2 rings (SSSR count). The molecule has 6 nitrogen and oxygen atoms in total. The minimum absolute atomic E-state index is 0.0315. The number of thiazole rings is 1. The topological polar surface area (TPSA) is 72.3 Å². The second-order valence-corrected chi connectivity index (χ2v) is 6.56. The Bertz CT molecular complexity index is 690. The number of aromatic nitrogens is 1. The molecule has 7 heteroatoms. The van der Waals surface area contributed by atoms with Gasteiger partial charge in [0, 0.05) is 43.7 Å². The molecule has 1 N–H and O–H groups in total. The second kappa shape index (κ2) is 8.43. The van der Waals surface area contributed by atoms with E-state index < -0.39 is 0 Å². The summed E-state index contributed by atoms with van der Waals surface area (Å²) in [6.07, 6.45) is 5.59. The first-order chi connectivity index (χ1) is 11.6. The van der Waals surface area contributed by atoms with Gasteiger partial charge in [-0.3, -0.25) is 4.79 Å². The molecule has 0 spiro atoms. The van der Waals surface area contributed by atoms with Gasteiger partial charge in [0.1, 0.15) is 11.6 Å². The zero-order valence-electron chi connectivity index (χ0n) is 13.8. The van der Waals surface area contributed by atoms with Crippen molar-refractivity contribution in [2.75, 3.05) is 32.0 Å². The highest BCUT2D eigenvalue weighted by Crippen LogP contribution is 2.27. The van der Waals surface area contributed by atoms with Crippen LogP contribution >= 0.6 is 11.3 Å². The lowest BCUT2D eigenvalue weighted by Gasteiger charge is -2.20. The van der Waals surface area contributed by atoms with Gasteiger partial charge < -0.3 is 15.1 Å². The van der Waals surface area contributed by atoms with Crippen molar-refractivity contribution in [3.05, 3.63) is 47.7 Å². The normalized spacial score (nSPS) is 14.4. The van der Waals surface area contributed by atoms with Crippen LogP contribution in [-0.2, 0) is 17.8 Å². The molecular formula is C17H21N5OS. The molecular weight excluding hydrogens is 322 g/mol. The number of hydrogen-bond donors (Lipinski definition) is 1. The maximum atomic E-state index is 12.4. The molecule has 1 aromatic rings. The fourth-order valence-corrected chi connectivity index (χ4v) is 3.44. The maximum absolute atomic E-state index is 12.4. The van der Waals surface area contributed by atoms with Gasteiger partial charge >= 0.3 is 0 Å². The Morgan fingerprint density at radius 3 is 2.83 bits per heavy atom. The van der Waals surface area contributed by atoms with Crippen LogP contribution in [0.15, 0.2) is 37.1 Å². The highest BCUT2D eigenvalue weighted by Gasteiger charge is 2.19. The number of nitrogens with zero attached hydrogens (tertiary/aromatic N) is 4. The Labute approximate surface area is 146 Å². The van der Waals surface area contributed by atoms with E-state index in [1.165, 1.54) is 16.0 Å². The number of nitrogens with one attached hydrogen (secondary N) is 1. The fraction of sp³-hybridized carbons (Fsp3) is 0.353. The summed E-state index contributed by atoms with van der Waals surface area (Å²) in [4.78, 5) is 21.9. The number of likely N-dealkylation sites (N-methyl/N-ethyl adjacent to an activating group) is 1. The third-order valence-electron chi connectivity index (χ3n) is 3.60. The first-order valence-electron chi connectivity index (χ1n) is 7.64. The molecule has 1 aliphatic rings. The predicted molar refractivity (Wildman–Crippen MR) is 96.4 cm³/mol. The number of carbonyl (C=O) groups is 1. The van der Waals surface area contributed by atoms with E-state index in [1.807, 2.05) is 6.07 Å². The van der Waals surface area contributed by atoms with Crippen LogP contribution in [0, 0.1) is 11.3 Å². The summed E-state index contributed by atoms with van der Waals surface area (Å²) in [6, 6.07) is 1.95. The molecule has 0 radical (unpaired) electrons. The van der Waals surface area contributed by atoms with Crippen LogP contribution in [0.3, 0.4) is 0 Å². The number of fused-ring (bicyclic) bond motifs is 1. The van der Waals surface area contributed by atoms with Crippen molar-refractivity contribution in [1.82, 2.24) is 14.8 Å². The van der Waals surface area contributed by atoms with Crippen molar-refractivity contribution < 1.29 is 4.79 Å². The van der Waals surface area contributed by atoms with Gasteiger partial charge in [-0.25, -0.2) is 4.98 Å². The van der Waals surface area contributed by atoms with E-state index in [0.29, 0.717) is 18.2 Å². The highest BCUT2D eigenvalue weighted by atomic mass is 32.1. The van der Waals surface area contributed by atoms with Gasteiger partial charge in [0.15, 0.2) is 5.13 Å². The smallest absolute Gasteiger partial charge is 0.266 e. The first-order valence-corrected chi connectivity index (χ1v) is 8.45. The Balaban J connectivity index is 2.10. The van der Waals surface area contributed by atoms with Gasteiger partial charge in [-0.15, -0.1) is 24.5 Å². The molecule has 0 bridgehead atoms. The summed E-state index contributed by atoms with van der Waals surface area (Å²) in [5.41, 5.74) is 1.13. The van der Waals surface area contributed by atoms with Crippen LogP contribution in [-0.4, -0.2) is 47.4 Å². The van der Waals surface area contributed by atoms with E-state index in [4.69, 9.17) is 0 Å². The first kappa shape index (κ1) is 17.9. The van der Waals surface area contributed by atoms with Gasteiger partial charge in [-0.05, 0) is 7.05 Å². The summed E-state index contributed by atoms with van der Waals surface area (Å²) < 4.78 is 0. The standard InChI is InChI=1S/C17H21N5OS/c1-4-7-22(8-5-2)16(23)13(10-18)11-19-17-20-14-6-9-21(3)12-15(14)24-17/h4-5,11H,1-2,6-9,12H2,3H3,(H,19,20)/b13-11-. The molecule has 1 aliphatic heterocycles. The molecule has 24 heavy (non-hydrogen) atoms. The molecule has 0 atom stereocenters. The van der Waals surface area contributed by atoms with Crippen molar-refractivity contribution in [3.8, 4) is 6.07 Å². The fourth-order valence-electron chi connectivity index (χ4n) is 2.38. The summed E-state index contributed by atoms with van der Waals surface area (Å²) in [5.74, 6) is -0.356.